The summed E-state index contributed by atoms with van der Waals surface area (Å²) in [5.74, 6) is 0.475. The lowest BCUT2D eigenvalue weighted by atomic mass is 10.00. The minimum absolute atomic E-state index is 0.0159. The summed E-state index contributed by atoms with van der Waals surface area (Å²) in [5, 5.41) is 7.17. The fourth-order valence-corrected chi connectivity index (χ4v) is 5.12. The molecule has 0 radical (unpaired) electrons. The molecule has 2 aliphatic rings. The molecule has 0 saturated carbocycles. The van der Waals surface area contributed by atoms with Gasteiger partial charge in [0.1, 0.15) is 5.65 Å². The van der Waals surface area contributed by atoms with Crippen molar-refractivity contribution in [2.45, 2.75) is 58.2 Å². The van der Waals surface area contributed by atoms with E-state index in [1.165, 1.54) is 0 Å². The normalized spacial score (nSPS) is 18.7. The standard InChI is InChI=1S/C27H34N6O3/c1-17(2)29-27(35)32-11-8-20(16-32)30-26-28-15-19-14-23(22-7-5-4-6-18(22)3)25(34)33(24(19)31-26)21-9-12-36-13-10-21/h4-7,14-15,17,20-21H,8-13,16H2,1-3H3,(H,29,35)(H,28,30,31)/t20-/m0/s1. The molecule has 2 aliphatic heterocycles. The second-order valence-corrected chi connectivity index (χ2v) is 10.0. The number of anilines is 1. The summed E-state index contributed by atoms with van der Waals surface area (Å²) in [6.45, 7) is 8.44. The Morgan fingerprint density at radius 3 is 2.67 bits per heavy atom. The van der Waals surface area contributed by atoms with Crippen LogP contribution >= 0.6 is 0 Å². The van der Waals surface area contributed by atoms with Crippen LogP contribution in [-0.2, 0) is 4.74 Å². The molecule has 0 spiro atoms. The Hall–Kier alpha value is -3.46. The molecule has 2 N–H and O–H groups in total. The number of carbonyl (C=O) groups excluding carboxylic acids is 1. The maximum Gasteiger partial charge on any atom is 0.317 e. The molecule has 3 aromatic rings. The summed E-state index contributed by atoms with van der Waals surface area (Å²) < 4.78 is 7.43. The van der Waals surface area contributed by atoms with Crippen molar-refractivity contribution in [2.75, 3.05) is 31.6 Å². The SMILES string of the molecule is Cc1ccccc1-c1cc2cnc(N[C@H]3CCN(C(=O)NC(C)C)C3)nc2n(C2CCOCC2)c1=O. The highest BCUT2D eigenvalue weighted by molar-refractivity contribution is 5.82. The Morgan fingerprint density at radius 2 is 1.92 bits per heavy atom. The van der Waals surface area contributed by atoms with Crippen LogP contribution in [0.1, 0.15) is 44.7 Å². The number of pyridine rings is 1. The largest absolute Gasteiger partial charge is 0.381 e. The number of aryl methyl sites for hydroxylation is 1. The van der Waals surface area contributed by atoms with E-state index in [4.69, 9.17) is 9.72 Å². The number of fused-ring (bicyclic) bond motifs is 1. The first-order valence-corrected chi connectivity index (χ1v) is 12.8. The molecule has 1 atom stereocenters. The maximum absolute atomic E-state index is 13.9. The van der Waals surface area contributed by atoms with E-state index in [1.54, 1.807) is 6.20 Å². The third kappa shape index (κ3) is 4.93. The third-order valence-electron chi connectivity index (χ3n) is 6.99. The number of nitrogens with one attached hydrogen (secondary N) is 2. The van der Waals surface area contributed by atoms with Gasteiger partial charge in [-0.1, -0.05) is 24.3 Å². The number of ether oxygens (including phenoxy) is 1. The summed E-state index contributed by atoms with van der Waals surface area (Å²) in [6, 6.07) is 9.97. The van der Waals surface area contributed by atoms with Gasteiger partial charge in [0.25, 0.3) is 5.56 Å². The van der Waals surface area contributed by atoms with Gasteiger partial charge in [-0.3, -0.25) is 9.36 Å². The lowest BCUT2D eigenvalue weighted by molar-refractivity contribution is 0.0697. The van der Waals surface area contributed by atoms with Crippen LogP contribution in [0, 0.1) is 6.92 Å². The number of hydrogen-bond acceptors (Lipinski definition) is 6. The average Bonchev–Trinajstić information content (AvgIpc) is 3.33. The zero-order valence-electron chi connectivity index (χ0n) is 21.2. The van der Waals surface area contributed by atoms with Crippen molar-refractivity contribution < 1.29 is 9.53 Å². The van der Waals surface area contributed by atoms with Crippen molar-refractivity contribution in [2.24, 2.45) is 0 Å². The van der Waals surface area contributed by atoms with Crippen molar-refractivity contribution in [1.29, 1.82) is 0 Å². The summed E-state index contributed by atoms with van der Waals surface area (Å²) in [5.41, 5.74) is 3.25. The molecule has 9 heteroatoms. The van der Waals surface area contributed by atoms with E-state index in [-0.39, 0.29) is 29.7 Å². The zero-order valence-corrected chi connectivity index (χ0v) is 21.2. The van der Waals surface area contributed by atoms with Gasteiger partial charge in [0.05, 0.1) is 0 Å². The highest BCUT2D eigenvalue weighted by atomic mass is 16.5. The second-order valence-electron chi connectivity index (χ2n) is 10.0. The number of hydrogen-bond donors (Lipinski definition) is 2. The van der Waals surface area contributed by atoms with Gasteiger partial charge < -0.3 is 20.3 Å². The number of amides is 2. The first-order chi connectivity index (χ1) is 17.4. The lowest BCUT2D eigenvalue weighted by Gasteiger charge is -2.26. The van der Waals surface area contributed by atoms with Gasteiger partial charge in [-0.05, 0) is 57.2 Å². The van der Waals surface area contributed by atoms with E-state index in [9.17, 15) is 9.59 Å². The topological polar surface area (TPSA) is 101 Å². The predicted molar refractivity (Wildman–Crippen MR) is 140 cm³/mol. The van der Waals surface area contributed by atoms with Crippen LogP contribution in [0.15, 0.2) is 41.3 Å². The number of carbonyl (C=O) groups is 1. The van der Waals surface area contributed by atoms with E-state index in [2.05, 4.69) is 15.6 Å². The van der Waals surface area contributed by atoms with E-state index >= 15 is 0 Å². The van der Waals surface area contributed by atoms with Crippen LogP contribution in [0.25, 0.3) is 22.2 Å². The van der Waals surface area contributed by atoms with Crippen LogP contribution < -0.4 is 16.2 Å². The molecule has 1 aromatic carbocycles. The summed E-state index contributed by atoms with van der Waals surface area (Å²) >= 11 is 0. The maximum atomic E-state index is 13.9. The summed E-state index contributed by atoms with van der Waals surface area (Å²) in [7, 11) is 0. The van der Waals surface area contributed by atoms with Crippen LogP contribution in [0.4, 0.5) is 10.7 Å². The number of benzene rings is 1. The Morgan fingerprint density at radius 1 is 1.14 bits per heavy atom. The molecule has 5 rings (SSSR count). The number of likely N-dealkylation sites (tertiary alicyclic amines) is 1. The van der Waals surface area contributed by atoms with E-state index < -0.39 is 0 Å². The van der Waals surface area contributed by atoms with Gasteiger partial charge in [-0.15, -0.1) is 0 Å². The molecule has 190 valence electrons. The number of urea groups is 1. The molecule has 2 fully saturated rings. The number of rotatable bonds is 5. The fraction of sp³-hybridized carbons (Fsp3) is 0.481. The summed E-state index contributed by atoms with van der Waals surface area (Å²) in [6.07, 6.45) is 4.13. The van der Waals surface area contributed by atoms with Gasteiger partial charge >= 0.3 is 6.03 Å². The van der Waals surface area contributed by atoms with Crippen molar-refractivity contribution in [3.8, 4) is 11.1 Å². The van der Waals surface area contributed by atoms with E-state index in [1.807, 2.05) is 60.6 Å². The smallest absolute Gasteiger partial charge is 0.317 e. The Labute approximate surface area is 210 Å². The predicted octanol–water partition coefficient (Wildman–Crippen LogP) is 3.72. The molecule has 2 aromatic heterocycles. The quantitative estimate of drug-likeness (QED) is 0.565. The molecule has 36 heavy (non-hydrogen) atoms. The summed E-state index contributed by atoms with van der Waals surface area (Å²) in [4.78, 5) is 37.5. The molecule has 0 bridgehead atoms. The number of nitrogens with zero attached hydrogens (tertiary/aromatic N) is 4. The highest BCUT2D eigenvalue weighted by Crippen LogP contribution is 2.28. The molecule has 4 heterocycles. The van der Waals surface area contributed by atoms with Crippen LogP contribution in [0.5, 0.6) is 0 Å². The number of aromatic nitrogens is 3. The molecule has 0 aliphatic carbocycles. The first kappa shape index (κ1) is 24.2. The highest BCUT2D eigenvalue weighted by Gasteiger charge is 2.28. The Kier molecular flexibility index (Phi) is 6.91. The van der Waals surface area contributed by atoms with Crippen LogP contribution in [-0.4, -0.2) is 63.9 Å². The Balaban J connectivity index is 1.49. The average molecular weight is 491 g/mol. The molecule has 2 saturated heterocycles. The molecular formula is C27H34N6O3. The molecule has 9 nitrogen and oxygen atoms in total. The van der Waals surface area contributed by atoms with Gasteiger partial charge in [-0.2, -0.15) is 4.98 Å². The lowest BCUT2D eigenvalue weighted by Crippen LogP contribution is -2.42. The van der Waals surface area contributed by atoms with Gasteiger partial charge in [0.2, 0.25) is 5.95 Å². The minimum Gasteiger partial charge on any atom is -0.381 e. The Bertz CT molecular complexity index is 1310. The van der Waals surface area contributed by atoms with Crippen LogP contribution in [0.3, 0.4) is 0 Å². The molecule has 0 unspecified atom stereocenters. The van der Waals surface area contributed by atoms with Crippen molar-refractivity contribution in [3.63, 3.8) is 0 Å². The fourth-order valence-electron chi connectivity index (χ4n) is 5.12. The second kappa shape index (κ2) is 10.3. The van der Waals surface area contributed by atoms with E-state index in [0.717, 1.165) is 35.8 Å². The van der Waals surface area contributed by atoms with Crippen molar-refractivity contribution in [1.82, 2.24) is 24.8 Å². The zero-order chi connectivity index (χ0) is 25.2. The van der Waals surface area contributed by atoms with Gasteiger partial charge in [-0.25, -0.2) is 9.78 Å². The first-order valence-electron chi connectivity index (χ1n) is 12.8. The van der Waals surface area contributed by atoms with Gasteiger partial charge in [0.15, 0.2) is 0 Å². The van der Waals surface area contributed by atoms with E-state index in [0.29, 0.717) is 43.5 Å². The van der Waals surface area contributed by atoms with Gasteiger partial charge in [0, 0.05) is 61.6 Å². The van der Waals surface area contributed by atoms with Crippen molar-refractivity contribution >= 4 is 23.0 Å². The molecule has 2 amide bonds. The minimum atomic E-state index is -0.0502. The monoisotopic (exact) mass is 490 g/mol. The molecular weight excluding hydrogens is 456 g/mol. The van der Waals surface area contributed by atoms with Crippen molar-refractivity contribution in [3.05, 3.63) is 52.4 Å². The van der Waals surface area contributed by atoms with Crippen LogP contribution in [0.2, 0.25) is 0 Å². The third-order valence-corrected chi connectivity index (χ3v) is 6.99.